The van der Waals surface area contributed by atoms with E-state index in [4.69, 9.17) is 16.3 Å². The fraction of sp³-hybridized carbons (Fsp3) is 0.292. The fourth-order valence-corrected chi connectivity index (χ4v) is 6.05. The molecule has 5 rings (SSSR count). The van der Waals surface area contributed by atoms with Gasteiger partial charge in [0, 0.05) is 36.1 Å². The second kappa shape index (κ2) is 9.80. The topological polar surface area (TPSA) is 105 Å². The number of anilines is 1. The van der Waals surface area contributed by atoms with E-state index in [1.807, 2.05) is 18.2 Å². The van der Waals surface area contributed by atoms with E-state index in [1.54, 1.807) is 53.6 Å². The molecule has 0 bridgehead atoms. The van der Waals surface area contributed by atoms with Crippen LogP contribution in [0.1, 0.15) is 24.4 Å². The number of carbonyl (C=O) groups is 1. The number of nitrogens with one attached hydrogen (secondary N) is 1. The van der Waals surface area contributed by atoms with E-state index in [9.17, 15) is 13.2 Å². The average Bonchev–Trinajstić information content (AvgIpc) is 3.14. The Morgan fingerprint density at radius 2 is 1.89 bits per heavy atom. The van der Waals surface area contributed by atoms with Crippen LogP contribution in [0.2, 0.25) is 5.02 Å². The van der Waals surface area contributed by atoms with Crippen LogP contribution in [0.3, 0.4) is 0 Å². The Labute approximate surface area is 208 Å². The van der Waals surface area contributed by atoms with Gasteiger partial charge in [-0.25, -0.2) is 17.5 Å². The largest absolute Gasteiger partial charge is 0.438 e. The van der Waals surface area contributed by atoms with Gasteiger partial charge < -0.3 is 10.1 Å². The van der Waals surface area contributed by atoms with Gasteiger partial charge in [-0.15, -0.1) is 5.10 Å². The molecule has 0 aliphatic carbocycles. The number of benzene rings is 2. The maximum atomic E-state index is 13.1. The quantitative estimate of drug-likeness (QED) is 0.488. The minimum absolute atomic E-state index is 0.0430. The van der Waals surface area contributed by atoms with Gasteiger partial charge in [0.1, 0.15) is 5.75 Å². The number of amides is 2. The van der Waals surface area contributed by atoms with Crippen LogP contribution in [0.5, 0.6) is 11.6 Å². The third-order valence-corrected chi connectivity index (χ3v) is 8.31. The molecule has 9 nitrogen and oxygen atoms in total. The highest BCUT2D eigenvalue weighted by atomic mass is 35.5. The van der Waals surface area contributed by atoms with Gasteiger partial charge in [-0.1, -0.05) is 23.7 Å². The summed E-state index contributed by atoms with van der Waals surface area (Å²) >= 11 is 6.07. The first-order valence-corrected chi connectivity index (χ1v) is 13.3. The molecule has 182 valence electrons. The highest BCUT2D eigenvalue weighted by Crippen LogP contribution is 2.38. The molecular weight excluding hydrogens is 490 g/mol. The minimum Gasteiger partial charge on any atom is -0.438 e. The van der Waals surface area contributed by atoms with E-state index in [1.165, 1.54) is 4.31 Å². The number of nitrogens with zero attached hydrogens (tertiary/aromatic N) is 4. The summed E-state index contributed by atoms with van der Waals surface area (Å²) in [5.41, 5.74) is 1.45. The summed E-state index contributed by atoms with van der Waals surface area (Å²) in [6.07, 6.45) is 2.71. The standard InChI is InChI=1S/C24H24ClN5O4S/c25-18-7-9-19(10-8-18)30-23(17-4-1-5-20(16-17)34-22-6-2-12-26-28-22)21(27-24(30)31)11-15-35(32,33)29-13-3-14-29/h1-2,4-10,12,16,21,23H,3,11,13-15H2,(H,27,31). The van der Waals surface area contributed by atoms with Crippen molar-refractivity contribution in [1.29, 1.82) is 0 Å². The number of sulfonamides is 1. The zero-order valence-electron chi connectivity index (χ0n) is 18.7. The Morgan fingerprint density at radius 1 is 1.09 bits per heavy atom. The number of urea groups is 1. The molecule has 2 amide bonds. The SMILES string of the molecule is O=C1NC(CCS(=O)(=O)N2CCC2)C(c2cccc(Oc3cccnn3)c2)N1c1ccc(Cl)cc1. The Morgan fingerprint density at radius 3 is 2.57 bits per heavy atom. The van der Waals surface area contributed by atoms with Crippen LogP contribution >= 0.6 is 11.6 Å². The summed E-state index contributed by atoms with van der Waals surface area (Å²) in [6, 6.07) is 16.6. The number of hydrogen-bond donors (Lipinski definition) is 1. The normalized spacial score (nSPS) is 20.4. The molecule has 0 saturated carbocycles. The first-order chi connectivity index (χ1) is 16.9. The Hall–Kier alpha value is -3.21. The maximum Gasteiger partial charge on any atom is 0.322 e. The van der Waals surface area contributed by atoms with Crippen molar-refractivity contribution in [1.82, 2.24) is 19.8 Å². The molecule has 2 fully saturated rings. The predicted molar refractivity (Wildman–Crippen MR) is 132 cm³/mol. The van der Waals surface area contributed by atoms with Gasteiger partial charge >= 0.3 is 6.03 Å². The highest BCUT2D eigenvalue weighted by Gasteiger charge is 2.42. The second-order valence-electron chi connectivity index (χ2n) is 8.44. The number of carbonyl (C=O) groups excluding carboxylic acids is 1. The third-order valence-electron chi connectivity index (χ3n) is 6.16. The van der Waals surface area contributed by atoms with Gasteiger partial charge in [0.25, 0.3) is 0 Å². The van der Waals surface area contributed by atoms with E-state index in [2.05, 4.69) is 15.5 Å². The molecule has 2 aliphatic heterocycles. The van der Waals surface area contributed by atoms with Gasteiger partial charge in [0.15, 0.2) is 0 Å². The van der Waals surface area contributed by atoms with E-state index >= 15 is 0 Å². The van der Waals surface area contributed by atoms with E-state index in [0.717, 1.165) is 12.0 Å². The molecule has 35 heavy (non-hydrogen) atoms. The first kappa shape index (κ1) is 23.5. The molecule has 2 aromatic carbocycles. The molecule has 0 spiro atoms. The molecule has 1 aromatic heterocycles. The van der Waals surface area contributed by atoms with Crippen LogP contribution in [0.15, 0.2) is 66.9 Å². The lowest BCUT2D eigenvalue weighted by atomic mass is 9.97. The van der Waals surface area contributed by atoms with Crippen molar-refractivity contribution in [2.75, 3.05) is 23.7 Å². The maximum absolute atomic E-state index is 13.1. The number of aromatic nitrogens is 2. The molecular formula is C24H24ClN5O4S. The Kier molecular flexibility index (Phi) is 6.59. The summed E-state index contributed by atoms with van der Waals surface area (Å²) in [5, 5.41) is 11.3. The molecule has 1 N–H and O–H groups in total. The van der Waals surface area contributed by atoms with E-state index in [0.29, 0.717) is 35.4 Å². The number of halogens is 1. The highest BCUT2D eigenvalue weighted by molar-refractivity contribution is 7.89. The van der Waals surface area contributed by atoms with Crippen LogP contribution < -0.4 is 15.0 Å². The molecule has 3 heterocycles. The predicted octanol–water partition coefficient (Wildman–Crippen LogP) is 3.99. The summed E-state index contributed by atoms with van der Waals surface area (Å²) in [5.74, 6) is 0.834. The van der Waals surface area contributed by atoms with Crippen molar-refractivity contribution in [3.8, 4) is 11.6 Å². The lowest BCUT2D eigenvalue weighted by Crippen LogP contribution is -2.44. The van der Waals surface area contributed by atoms with E-state index < -0.39 is 22.1 Å². The Balaban J connectivity index is 1.46. The van der Waals surface area contributed by atoms with Gasteiger partial charge in [0.2, 0.25) is 15.9 Å². The lowest BCUT2D eigenvalue weighted by molar-refractivity contribution is 0.250. The number of hydrogen-bond acceptors (Lipinski definition) is 6. The fourth-order valence-electron chi connectivity index (χ4n) is 4.30. The van der Waals surface area contributed by atoms with Crippen LogP contribution in [0, 0.1) is 0 Å². The van der Waals surface area contributed by atoms with Crippen LogP contribution in [0.25, 0.3) is 0 Å². The minimum atomic E-state index is -3.36. The monoisotopic (exact) mass is 513 g/mol. The van der Waals surface area contributed by atoms with Gasteiger partial charge in [-0.2, -0.15) is 5.10 Å². The zero-order chi connectivity index (χ0) is 24.4. The first-order valence-electron chi connectivity index (χ1n) is 11.3. The number of ether oxygens (including phenoxy) is 1. The van der Waals surface area contributed by atoms with Gasteiger partial charge in [-0.3, -0.25) is 4.90 Å². The van der Waals surface area contributed by atoms with Crippen molar-refractivity contribution >= 4 is 33.3 Å². The van der Waals surface area contributed by atoms with Crippen molar-refractivity contribution < 1.29 is 17.9 Å². The molecule has 3 aromatic rings. The molecule has 11 heteroatoms. The molecule has 2 unspecified atom stereocenters. The van der Waals surface area contributed by atoms with Gasteiger partial charge in [0.05, 0.1) is 17.8 Å². The lowest BCUT2D eigenvalue weighted by Gasteiger charge is -2.31. The van der Waals surface area contributed by atoms with Crippen molar-refractivity contribution in [2.24, 2.45) is 0 Å². The average molecular weight is 514 g/mol. The molecule has 0 radical (unpaired) electrons. The van der Waals surface area contributed by atoms with Crippen LogP contribution in [0.4, 0.5) is 10.5 Å². The summed E-state index contributed by atoms with van der Waals surface area (Å²) < 4.78 is 32.7. The summed E-state index contributed by atoms with van der Waals surface area (Å²) in [4.78, 5) is 14.8. The molecule has 2 saturated heterocycles. The summed E-state index contributed by atoms with van der Waals surface area (Å²) in [7, 11) is -3.36. The molecule has 2 aliphatic rings. The summed E-state index contributed by atoms with van der Waals surface area (Å²) in [6.45, 7) is 1.11. The van der Waals surface area contributed by atoms with Crippen LogP contribution in [-0.2, 0) is 10.0 Å². The smallest absolute Gasteiger partial charge is 0.322 e. The van der Waals surface area contributed by atoms with Gasteiger partial charge in [-0.05, 0) is 60.9 Å². The number of rotatable bonds is 8. The molecule has 2 atom stereocenters. The van der Waals surface area contributed by atoms with Crippen molar-refractivity contribution in [3.63, 3.8) is 0 Å². The third kappa shape index (κ3) is 5.09. The second-order valence-corrected chi connectivity index (χ2v) is 11.0. The van der Waals surface area contributed by atoms with Crippen LogP contribution in [-0.4, -0.2) is 53.8 Å². The van der Waals surface area contributed by atoms with E-state index in [-0.39, 0.29) is 18.2 Å². The van der Waals surface area contributed by atoms with Crippen molar-refractivity contribution in [3.05, 3.63) is 77.4 Å². The Bertz CT molecular complexity index is 1300. The van der Waals surface area contributed by atoms with Crippen molar-refractivity contribution in [2.45, 2.75) is 24.9 Å². The zero-order valence-corrected chi connectivity index (χ0v) is 20.3.